The summed E-state index contributed by atoms with van der Waals surface area (Å²) in [5, 5.41) is 0. The van der Waals surface area contributed by atoms with Crippen LogP contribution in [0.2, 0.25) is 4.34 Å². The maximum Gasteiger partial charge on any atom is 0.134 e. The number of hydrogen-bond acceptors (Lipinski definition) is 2. The maximum absolute atomic E-state index is 6.42. The van der Waals surface area contributed by atoms with Crippen LogP contribution in [0.15, 0.2) is 36.4 Å². The monoisotopic (exact) mass is 332 g/mol. The van der Waals surface area contributed by atoms with Gasteiger partial charge in [0.05, 0.1) is 11.4 Å². The van der Waals surface area contributed by atoms with Gasteiger partial charge in [-0.25, -0.2) is 0 Å². The van der Waals surface area contributed by atoms with Gasteiger partial charge in [-0.15, -0.1) is 34.5 Å². The third-order valence-electron chi connectivity index (χ3n) is 3.43. The molecule has 1 aromatic heterocycles. The van der Waals surface area contributed by atoms with Gasteiger partial charge >= 0.3 is 0 Å². The van der Waals surface area contributed by atoms with E-state index in [9.17, 15) is 0 Å². The lowest BCUT2D eigenvalue weighted by atomic mass is 10.1. The molecule has 1 aromatic carbocycles. The zero-order valence-corrected chi connectivity index (χ0v) is 13.2. The van der Waals surface area contributed by atoms with Crippen molar-refractivity contribution in [2.24, 2.45) is 0 Å². The van der Waals surface area contributed by atoms with Crippen LogP contribution >= 0.6 is 46.1 Å². The Morgan fingerprint density at radius 1 is 1.05 bits per heavy atom. The molecule has 3 rings (SSSR count). The predicted molar refractivity (Wildman–Crippen MR) is 82.2 cm³/mol. The van der Waals surface area contributed by atoms with Gasteiger partial charge in [0.15, 0.2) is 0 Å². The topological polar surface area (TPSA) is 9.23 Å². The van der Waals surface area contributed by atoms with Crippen LogP contribution in [-0.4, -0.2) is 11.4 Å². The summed E-state index contributed by atoms with van der Waals surface area (Å²) in [5.41, 5.74) is 1.13. The number of halogens is 3. The van der Waals surface area contributed by atoms with Crippen molar-refractivity contribution in [1.82, 2.24) is 0 Å². The third-order valence-corrected chi connectivity index (χ3v) is 5.68. The number of methoxy groups -OCH3 is 1. The van der Waals surface area contributed by atoms with Crippen LogP contribution < -0.4 is 4.74 Å². The lowest BCUT2D eigenvalue weighted by molar-refractivity contribution is 0.414. The van der Waals surface area contributed by atoms with Crippen molar-refractivity contribution >= 4 is 46.1 Å². The number of alkyl halides is 2. The molecule has 0 aliphatic heterocycles. The predicted octanol–water partition coefficient (Wildman–Crippen LogP) is 5.47. The average molecular weight is 334 g/mol. The highest BCUT2D eigenvalue weighted by Crippen LogP contribution is 2.71. The molecule has 0 spiro atoms. The van der Waals surface area contributed by atoms with Crippen molar-refractivity contribution in [2.75, 3.05) is 7.11 Å². The summed E-state index contributed by atoms with van der Waals surface area (Å²) in [6.07, 6.45) is 0. The number of rotatable bonds is 3. The summed E-state index contributed by atoms with van der Waals surface area (Å²) < 4.78 is 5.17. The second-order valence-electron chi connectivity index (χ2n) is 4.54. The van der Waals surface area contributed by atoms with E-state index in [4.69, 9.17) is 39.5 Å². The first kappa shape index (κ1) is 13.6. The second-order valence-corrected chi connectivity index (χ2v) is 7.74. The van der Waals surface area contributed by atoms with Crippen LogP contribution in [0.5, 0.6) is 5.75 Å². The Morgan fingerprint density at radius 3 is 2.26 bits per heavy atom. The number of hydrogen-bond donors (Lipinski definition) is 0. The highest BCUT2D eigenvalue weighted by Gasteiger charge is 2.64. The smallest absolute Gasteiger partial charge is 0.134 e. The molecule has 0 N–H and O–H groups in total. The molecule has 0 saturated heterocycles. The summed E-state index contributed by atoms with van der Waals surface area (Å²) in [4.78, 5) is 1.14. The van der Waals surface area contributed by atoms with Crippen LogP contribution in [0.25, 0.3) is 0 Å². The van der Waals surface area contributed by atoms with E-state index in [1.807, 2.05) is 36.4 Å². The first-order chi connectivity index (χ1) is 9.04. The Morgan fingerprint density at radius 2 is 1.74 bits per heavy atom. The molecule has 1 nitrogen and oxygen atoms in total. The van der Waals surface area contributed by atoms with E-state index in [2.05, 4.69) is 0 Å². The van der Waals surface area contributed by atoms with Crippen molar-refractivity contribution in [1.29, 1.82) is 0 Å². The molecule has 0 amide bonds. The van der Waals surface area contributed by atoms with E-state index in [0.29, 0.717) is 0 Å². The third kappa shape index (κ3) is 2.36. The first-order valence-corrected chi connectivity index (χ1v) is 7.76. The van der Waals surface area contributed by atoms with Gasteiger partial charge in [0.25, 0.3) is 0 Å². The molecule has 100 valence electrons. The normalized spacial score (nSPS) is 24.2. The van der Waals surface area contributed by atoms with Crippen molar-refractivity contribution in [3.8, 4) is 5.75 Å². The van der Waals surface area contributed by atoms with Crippen LogP contribution in [0, 0.1) is 0 Å². The number of thiophene rings is 1. The first-order valence-electron chi connectivity index (χ1n) is 5.81. The minimum Gasteiger partial charge on any atom is -0.497 e. The van der Waals surface area contributed by atoms with Crippen LogP contribution in [0.4, 0.5) is 0 Å². The quantitative estimate of drug-likeness (QED) is 0.677. The van der Waals surface area contributed by atoms with E-state index < -0.39 is 4.33 Å². The lowest BCUT2D eigenvalue weighted by Crippen LogP contribution is -1.90. The van der Waals surface area contributed by atoms with Crippen LogP contribution in [-0.2, 0) is 0 Å². The maximum atomic E-state index is 6.42. The Bertz CT molecular complexity index is 591. The highest BCUT2D eigenvalue weighted by atomic mass is 35.5. The molecule has 1 fully saturated rings. The largest absolute Gasteiger partial charge is 0.497 e. The zero-order valence-electron chi connectivity index (χ0n) is 10.1. The van der Waals surface area contributed by atoms with E-state index in [1.54, 1.807) is 7.11 Å². The molecule has 2 atom stereocenters. The Hall–Kier alpha value is -0.410. The van der Waals surface area contributed by atoms with Crippen molar-refractivity contribution in [2.45, 2.75) is 16.2 Å². The van der Waals surface area contributed by atoms with Crippen LogP contribution in [0.1, 0.15) is 22.3 Å². The molecule has 1 heterocycles. The fourth-order valence-electron chi connectivity index (χ4n) is 2.40. The minimum absolute atomic E-state index is 0.108. The molecule has 1 aliphatic rings. The molecular weight excluding hydrogens is 323 g/mol. The molecule has 19 heavy (non-hydrogen) atoms. The Labute approximate surface area is 131 Å². The number of benzene rings is 1. The fourth-order valence-corrected chi connectivity index (χ4v) is 4.67. The summed E-state index contributed by atoms with van der Waals surface area (Å²) >= 11 is 20.4. The molecule has 0 unspecified atom stereocenters. The van der Waals surface area contributed by atoms with E-state index in [0.717, 1.165) is 20.5 Å². The van der Waals surface area contributed by atoms with Gasteiger partial charge in [-0.3, -0.25) is 0 Å². The molecule has 0 radical (unpaired) electrons. The van der Waals surface area contributed by atoms with Gasteiger partial charge in [-0.05, 0) is 29.8 Å². The summed E-state index contributed by atoms with van der Waals surface area (Å²) in [5.74, 6) is 1.05. The molecule has 5 heteroatoms. The molecule has 1 saturated carbocycles. The summed E-state index contributed by atoms with van der Waals surface area (Å²) in [6.45, 7) is 0. The molecule has 2 aromatic rings. The van der Waals surface area contributed by atoms with Gasteiger partial charge in [0, 0.05) is 16.7 Å². The average Bonchev–Trinajstić information content (AvgIpc) is 2.74. The van der Waals surface area contributed by atoms with Crippen molar-refractivity contribution in [3.05, 3.63) is 51.2 Å². The minimum atomic E-state index is -0.747. The van der Waals surface area contributed by atoms with E-state index in [-0.39, 0.29) is 11.8 Å². The van der Waals surface area contributed by atoms with E-state index >= 15 is 0 Å². The Balaban J connectivity index is 1.89. The fraction of sp³-hybridized carbons (Fsp3) is 0.286. The molecule has 1 aliphatic carbocycles. The SMILES string of the molecule is COc1ccc([C@H]2[C@H](c3ccc(Cl)s3)C2(Cl)Cl)cc1. The van der Waals surface area contributed by atoms with Crippen LogP contribution in [0.3, 0.4) is 0 Å². The number of ether oxygens (including phenoxy) is 1. The molecule has 0 bridgehead atoms. The molecular formula is C14H11Cl3OS. The zero-order chi connectivity index (χ0) is 13.6. The lowest BCUT2D eigenvalue weighted by Gasteiger charge is -2.02. The van der Waals surface area contributed by atoms with Gasteiger partial charge in [-0.1, -0.05) is 23.7 Å². The summed E-state index contributed by atoms with van der Waals surface area (Å²) in [7, 11) is 1.65. The second kappa shape index (κ2) is 4.85. The van der Waals surface area contributed by atoms with Gasteiger partial charge < -0.3 is 4.74 Å². The Kier molecular flexibility index (Phi) is 3.46. The summed E-state index contributed by atoms with van der Waals surface area (Å²) in [6, 6.07) is 11.8. The highest BCUT2D eigenvalue weighted by molar-refractivity contribution is 7.16. The van der Waals surface area contributed by atoms with E-state index in [1.165, 1.54) is 11.3 Å². The van der Waals surface area contributed by atoms with Gasteiger partial charge in [0.2, 0.25) is 0 Å². The van der Waals surface area contributed by atoms with Crippen molar-refractivity contribution < 1.29 is 4.74 Å². The van der Waals surface area contributed by atoms with Crippen molar-refractivity contribution in [3.63, 3.8) is 0 Å². The standard InChI is InChI=1S/C14H11Cl3OS/c1-18-9-4-2-8(3-5-9)12-13(14(12,16)17)10-6-7-11(15)19-10/h2-7,12-13H,1H3/t12-,13-/m0/s1. The van der Waals surface area contributed by atoms with Gasteiger partial charge in [0.1, 0.15) is 10.1 Å². The van der Waals surface area contributed by atoms with Gasteiger partial charge in [-0.2, -0.15) is 0 Å².